The average molecular weight is 566 g/mol. The number of para-hydroxylation sites is 1. The number of rotatable bonds is 14. The number of anilines is 1. The van der Waals surface area contributed by atoms with Crippen LogP contribution in [0.15, 0.2) is 83.8 Å². The van der Waals surface area contributed by atoms with Crippen molar-refractivity contribution in [2.75, 3.05) is 24.5 Å². The van der Waals surface area contributed by atoms with E-state index in [1.54, 1.807) is 49.6 Å². The highest BCUT2D eigenvalue weighted by Gasteiger charge is 2.34. The molecule has 0 heterocycles. The van der Waals surface area contributed by atoms with Gasteiger partial charge in [0.25, 0.3) is 10.0 Å². The van der Waals surface area contributed by atoms with E-state index in [1.807, 2.05) is 45.0 Å². The van der Waals surface area contributed by atoms with Gasteiger partial charge in [0.15, 0.2) is 0 Å². The van der Waals surface area contributed by atoms with E-state index in [0.29, 0.717) is 30.8 Å². The van der Waals surface area contributed by atoms with Crippen LogP contribution in [0.3, 0.4) is 0 Å². The number of carbonyl (C=O) groups is 2. The lowest BCUT2D eigenvalue weighted by Gasteiger charge is -2.33. The normalized spacial score (nSPS) is 11.9. The van der Waals surface area contributed by atoms with Crippen LogP contribution in [-0.4, -0.2) is 51.4 Å². The first-order valence-corrected chi connectivity index (χ1v) is 15.1. The molecule has 0 aliphatic rings. The number of hydrogen-bond acceptors (Lipinski definition) is 5. The molecular formula is C31H39N3O5S. The van der Waals surface area contributed by atoms with Gasteiger partial charge < -0.3 is 15.0 Å². The van der Waals surface area contributed by atoms with Crippen molar-refractivity contribution in [2.45, 2.75) is 57.5 Å². The molecule has 2 amide bonds. The van der Waals surface area contributed by atoms with Gasteiger partial charge in [0, 0.05) is 13.1 Å². The first kappa shape index (κ1) is 30.7. The molecule has 0 saturated carbocycles. The van der Waals surface area contributed by atoms with E-state index in [4.69, 9.17) is 4.74 Å². The van der Waals surface area contributed by atoms with Gasteiger partial charge in [-0.3, -0.25) is 13.9 Å². The number of aryl methyl sites for hydroxylation is 1. The van der Waals surface area contributed by atoms with E-state index in [1.165, 1.54) is 21.3 Å². The second-order valence-corrected chi connectivity index (χ2v) is 11.3. The highest BCUT2D eigenvalue weighted by Crippen LogP contribution is 2.28. The summed E-state index contributed by atoms with van der Waals surface area (Å²) in [5.41, 5.74) is 2.03. The van der Waals surface area contributed by atoms with Gasteiger partial charge in [-0.05, 0) is 60.7 Å². The number of methoxy groups -OCH3 is 1. The molecule has 3 rings (SSSR count). The van der Waals surface area contributed by atoms with Crippen LogP contribution < -0.4 is 14.4 Å². The minimum Gasteiger partial charge on any atom is -0.497 e. The van der Waals surface area contributed by atoms with E-state index < -0.39 is 28.5 Å². The third-order valence-corrected chi connectivity index (χ3v) is 8.47. The van der Waals surface area contributed by atoms with E-state index in [0.717, 1.165) is 17.5 Å². The van der Waals surface area contributed by atoms with Crippen molar-refractivity contribution >= 4 is 27.5 Å². The van der Waals surface area contributed by atoms with Crippen LogP contribution >= 0.6 is 0 Å². The lowest BCUT2D eigenvalue weighted by molar-refractivity contribution is -0.140. The third-order valence-electron chi connectivity index (χ3n) is 6.70. The third kappa shape index (κ3) is 7.41. The maximum atomic E-state index is 14.1. The van der Waals surface area contributed by atoms with Crippen molar-refractivity contribution in [3.8, 4) is 5.75 Å². The molecule has 0 unspecified atom stereocenters. The Hall–Kier alpha value is -3.85. The summed E-state index contributed by atoms with van der Waals surface area (Å²) in [5.74, 6) is -0.0666. The molecule has 0 aliphatic heterocycles. The van der Waals surface area contributed by atoms with Gasteiger partial charge in [0.1, 0.15) is 18.3 Å². The molecule has 1 N–H and O–H groups in total. The van der Waals surface area contributed by atoms with Gasteiger partial charge in [-0.2, -0.15) is 0 Å². The molecule has 3 aromatic carbocycles. The maximum absolute atomic E-state index is 14.1. The molecule has 1 atom stereocenters. The topological polar surface area (TPSA) is 96.0 Å². The van der Waals surface area contributed by atoms with Gasteiger partial charge in [0.2, 0.25) is 11.8 Å². The Bertz CT molecular complexity index is 1360. The average Bonchev–Trinajstić information content (AvgIpc) is 2.99. The van der Waals surface area contributed by atoms with Gasteiger partial charge in [-0.15, -0.1) is 0 Å². The number of amides is 2. The zero-order valence-corrected chi connectivity index (χ0v) is 24.5. The number of nitrogens with zero attached hydrogens (tertiary/aromatic N) is 2. The van der Waals surface area contributed by atoms with Gasteiger partial charge in [-0.25, -0.2) is 8.42 Å². The molecule has 214 valence electrons. The molecule has 0 fully saturated rings. The Balaban J connectivity index is 2.07. The Labute approximate surface area is 238 Å². The second-order valence-electron chi connectivity index (χ2n) is 9.39. The lowest BCUT2D eigenvalue weighted by atomic mass is 10.1. The van der Waals surface area contributed by atoms with Crippen molar-refractivity contribution in [2.24, 2.45) is 0 Å². The molecule has 0 spiro atoms. The first-order chi connectivity index (χ1) is 19.3. The second kappa shape index (κ2) is 14.5. The predicted octanol–water partition coefficient (Wildman–Crippen LogP) is 4.79. The molecule has 3 aromatic rings. The molecule has 0 aliphatic carbocycles. The fourth-order valence-corrected chi connectivity index (χ4v) is 5.97. The Morgan fingerprint density at radius 1 is 0.900 bits per heavy atom. The Morgan fingerprint density at radius 2 is 1.55 bits per heavy atom. The monoisotopic (exact) mass is 565 g/mol. The zero-order chi connectivity index (χ0) is 29.1. The SMILES string of the molecule is CCCNC(=O)[C@@H](CC)N(Cc1ccc(OC)cc1)C(=O)CN(c1ccccc1CC)S(=O)(=O)c1ccccc1. The van der Waals surface area contributed by atoms with Crippen LogP contribution in [0.1, 0.15) is 44.7 Å². The molecule has 0 bridgehead atoms. The maximum Gasteiger partial charge on any atom is 0.264 e. The summed E-state index contributed by atoms with van der Waals surface area (Å²) in [5, 5.41) is 2.90. The predicted molar refractivity (Wildman–Crippen MR) is 158 cm³/mol. The lowest BCUT2D eigenvalue weighted by Crippen LogP contribution is -2.52. The minimum atomic E-state index is -4.10. The van der Waals surface area contributed by atoms with Crippen LogP contribution in [0.2, 0.25) is 0 Å². The number of ether oxygens (including phenoxy) is 1. The van der Waals surface area contributed by atoms with E-state index in [9.17, 15) is 18.0 Å². The van der Waals surface area contributed by atoms with E-state index in [2.05, 4.69) is 5.32 Å². The van der Waals surface area contributed by atoms with Crippen LogP contribution in [0.25, 0.3) is 0 Å². The molecule has 40 heavy (non-hydrogen) atoms. The minimum absolute atomic E-state index is 0.0862. The fourth-order valence-electron chi connectivity index (χ4n) is 4.50. The molecule has 0 aromatic heterocycles. The van der Waals surface area contributed by atoms with Crippen LogP contribution in [-0.2, 0) is 32.6 Å². The molecule has 0 radical (unpaired) electrons. The highest BCUT2D eigenvalue weighted by molar-refractivity contribution is 7.92. The quantitative estimate of drug-likeness (QED) is 0.303. The number of sulfonamides is 1. The Kier molecular flexibility index (Phi) is 11.1. The summed E-state index contributed by atoms with van der Waals surface area (Å²) >= 11 is 0. The standard InChI is InChI=1S/C31H39N3O5S/c1-5-21-32-31(36)28(7-3)33(22-24-17-19-26(39-4)20-18-24)30(35)23-34(29-16-12-11-13-25(29)6-2)40(37,38)27-14-9-8-10-15-27/h8-20,28H,5-7,21-23H2,1-4H3,(H,32,36)/t28-/m1/s1. The van der Waals surface area contributed by atoms with Crippen molar-refractivity contribution < 1.29 is 22.7 Å². The number of hydrogen-bond donors (Lipinski definition) is 1. The molecule has 9 heteroatoms. The van der Waals surface area contributed by atoms with Crippen molar-refractivity contribution in [3.63, 3.8) is 0 Å². The van der Waals surface area contributed by atoms with Crippen LogP contribution in [0.4, 0.5) is 5.69 Å². The summed E-state index contributed by atoms with van der Waals surface area (Å²) < 4.78 is 34.4. The van der Waals surface area contributed by atoms with Crippen molar-refractivity contribution in [1.82, 2.24) is 10.2 Å². The van der Waals surface area contributed by atoms with E-state index >= 15 is 0 Å². The molecule has 8 nitrogen and oxygen atoms in total. The number of nitrogens with one attached hydrogen (secondary N) is 1. The smallest absolute Gasteiger partial charge is 0.264 e. The number of carbonyl (C=O) groups excluding carboxylic acids is 2. The molecule has 0 saturated heterocycles. The molecular weight excluding hydrogens is 526 g/mol. The summed E-state index contributed by atoms with van der Waals surface area (Å²) in [6.45, 7) is 5.90. The van der Waals surface area contributed by atoms with Crippen molar-refractivity contribution in [1.29, 1.82) is 0 Å². The highest BCUT2D eigenvalue weighted by atomic mass is 32.2. The van der Waals surface area contributed by atoms with Gasteiger partial charge >= 0.3 is 0 Å². The van der Waals surface area contributed by atoms with Crippen LogP contribution in [0.5, 0.6) is 5.75 Å². The van der Waals surface area contributed by atoms with E-state index in [-0.39, 0.29) is 17.3 Å². The summed E-state index contributed by atoms with van der Waals surface area (Å²) in [4.78, 5) is 28.9. The first-order valence-electron chi connectivity index (χ1n) is 13.6. The zero-order valence-electron chi connectivity index (χ0n) is 23.7. The Morgan fingerprint density at radius 3 is 2.15 bits per heavy atom. The van der Waals surface area contributed by atoms with Crippen LogP contribution in [0, 0.1) is 0 Å². The summed E-state index contributed by atoms with van der Waals surface area (Å²) in [6, 6.07) is 21.7. The number of benzene rings is 3. The van der Waals surface area contributed by atoms with Gasteiger partial charge in [-0.1, -0.05) is 69.3 Å². The van der Waals surface area contributed by atoms with Gasteiger partial charge in [0.05, 0.1) is 17.7 Å². The summed E-state index contributed by atoms with van der Waals surface area (Å²) in [7, 11) is -2.52. The fraction of sp³-hybridized carbons (Fsp3) is 0.355. The summed E-state index contributed by atoms with van der Waals surface area (Å²) in [6.07, 6.45) is 1.71. The van der Waals surface area contributed by atoms with Crippen molar-refractivity contribution in [3.05, 3.63) is 90.0 Å². The largest absolute Gasteiger partial charge is 0.497 e.